The van der Waals surface area contributed by atoms with Gasteiger partial charge in [-0.3, -0.25) is 4.79 Å². The van der Waals surface area contributed by atoms with Gasteiger partial charge < -0.3 is 24.6 Å². The molecule has 0 aliphatic carbocycles. The lowest BCUT2D eigenvalue weighted by atomic mass is 9.73. The van der Waals surface area contributed by atoms with Crippen LogP contribution in [0.1, 0.15) is 35.6 Å². The molecule has 0 bridgehead atoms. The van der Waals surface area contributed by atoms with Gasteiger partial charge in [-0.05, 0) is 53.8 Å². The minimum atomic E-state index is -0.766. The highest BCUT2D eigenvalue weighted by molar-refractivity contribution is 5.88. The van der Waals surface area contributed by atoms with Gasteiger partial charge in [-0.2, -0.15) is 0 Å². The van der Waals surface area contributed by atoms with Gasteiger partial charge in [0.25, 0.3) is 0 Å². The summed E-state index contributed by atoms with van der Waals surface area (Å²) in [6.45, 7) is 1.91. The standard InChI is InChI=1S/C23H27NO5/c1-27-19-5-3-18(4-6-19)23(9-12-28-13-10-23)22(26)24-15-20(25)16-2-7-21-17(14-16)8-11-29-21/h2-7,14,20,25H,8-13,15H2,1H3,(H,24,26). The van der Waals surface area contributed by atoms with E-state index < -0.39 is 11.5 Å². The van der Waals surface area contributed by atoms with E-state index in [4.69, 9.17) is 14.2 Å². The number of aliphatic hydroxyl groups is 1. The lowest BCUT2D eigenvalue weighted by molar-refractivity contribution is -0.131. The predicted molar refractivity (Wildman–Crippen MR) is 108 cm³/mol. The van der Waals surface area contributed by atoms with E-state index in [0.29, 0.717) is 32.7 Å². The van der Waals surface area contributed by atoms with Gasteiger partial charge in [0.05, 0.1) is 25.2 Å². The second kappa shape index (κ2) is 8.43. The highest BCUT2D eigenvalue weighted by Gasteiger charge is 2.41. The molecule has 2 heterocycles. The Morgan fingerprint density at radius 2 is 1.93 bits per heavy atom. The molecule has 4 rings (SSSR count). The molecule has 0 spiro atoms. The molecule has 154 valence electrons. The molecule has 2 aromatic carbocycles. The normalized spacial score (nSPS) is 18.4. The summed E-state index contributed by atoms with van der Waals surface area (Å²) in [6, 6.07) is 13.4. The van der Waals surface area contributed by atoms with Gasteiger partial charge in [0, 0.05) is 26.2 Å². The number of hydrogen-bond acceptors (Lipinski definition) is 5. The first-order chi connectivity index (χ1) is 14.1. The van der Waals surface area contributed by atoms with Crippen molar-refractivity contribution in [3.8, 4) is 11.5 Å². The summed E-state index contributed by atoms with van der Waals surface area (Å²) >= 11 is 0. The van der Waals surface area contributed by atoms with Crippen LogP contribution in [0.25, 0.3) is 0 Å². The first-order valence-corrected chi connectivity index (χ1v) is 10.1. The van der Waals surface area contributed by atoms with Gasteiger partial charge in [0.2, 0.25) is 5.91 Å². The SMILES string of the molecule is COc1ccc(C2(C(=O)NCC(O)c3ccc4c(c3)CCO4)CCOCC2)cc1. The summed E-state index contributed by atoms with van der Waals surface area (Å²) in [5, 5.41) is 13.6. The fourth-order valence-corrected chi connectivity index (χ4v) is 4.17. The summed E-state index contributed by atoms with van der Waals surface area (Å²) in [5.41, 5.74) is 2.19. The number of nitrogens with one attached hydrogen (secondary N) is 1. The Kier molecular flexibility index (Phi) is 5.74. The van der Waals surface area contributed by atoms with Crippen LogP contribution in [0.5, 0.6) is 11.5 Å². The molecule has 6 heteroatoms. The van der Waals surface area contributed by atoms with E-state index in [2.05, 4.69) is 5.32 Å². The Morgan fingerprint density at radius 1 is 1.17 bits per heavy atom. The number of aliphatic hydroxyl groups excluding tert-OH is 1. The maximum atomic E-state index is 13.3. The summed E-state index contributed by atoms with van der Waals surface area (Å²) in [4.78, 5) is 13.3. The lowest BCUT2D eigenvalue weighted by Crippen LogP contribution is -2.48. The van der Waals surface area contributed by atoms with Gasteiger partial charge in [-0.1, -0.05) is 18.2 Å². The monoisotopic (exact) mass is 397 g/mol. The first-order valence-electron chi connectivity index (χ1n) is 10.1. The van der Waals surface area contributed by atoms with Gasteiger partial charge in [-0.25, -0.2) is 0 Å². The molecular weight excluding hydrogens is 370 g/mol. The van der Waals surface area contributed by atoms with E-state index in [-0.39, 0.29) is 12.5 Å². The van der Waals surface area contributed by atoms with E-state index in [0.717, 1.165) is 34.6 Å². The van der Waals surface area contributed by atoms with Crippen molar-refractivity contribution in [2.75, 3.05) is 33.5 Å². The Morgan fingerprint density at radius 3 is 2.66 bits per heavy atom. The molecule has 1 amide bonds. The summed E-state index contributed by atoms with van der Waals surface area (Å²) in [5.74, 6) is 1.56. The molecule has 2 aliphatic heterocycles. The molecule has 2 aromatic rings. The van der Waals surface area contributed by atoms with Gasteiger partial charge in [0.15, 0.2) is 0 Å². The third-order valence-corrected chi connectivity index (χ3v) is 5.98. The maximum absolute atomic E-state index is 13.3. The minimum absolute atomic E-state index is 0.0745. The Balaban J connectivity index is 1.48. The lowest BCUT2D eigenvalue weighted by Gasteiger charge is -2.36. The van der Waals surface area contributed by atoms with Crippen LogP contribution < -0.4 is 14.8 Å². The molecule has 0 aromatic heterocycles. The van der Waals surface area contributed by atoms with Crippen molar-refractivity contribution in [3.63, 3.8) is 0 Å². The van der Waals surface area contributed by atoms with Crippen molar-refractivity contribution >= 4 is 5.91 Å². The second-order valence-corrected chi connectivity index (χ2v) is 7.61. The predicted octanol–water partition coefficient (Wildman–Crippen LogP) is 2.53. The number of hydrogen-bond donors (Lipinski definition) is 2. The fourth-order valence-electron chi connectivity index (χ4n) is 4.17. The molecule has 0 saturated carbocycles. The molecular formula is C23H27NO5. The first kappa shape index (κ1) is 19.7. The van der Waals surface area contributed by atoms with Crippen LogP contribution in [0.4, 0.5) is 0 Å². The number of carbonyl (C=O) groups is 1. The molecule has 2 aliphatic rings. The molecule has 1 fully saturated rings. The van der Waals surface area contributed by atoms with Crippen LogP contribution >= 0.6 is 0 Å². The molecule has 29 heavy (non-hydrogen) atoms. The van der Waals surface area contributed by atoms with E-state index in [1.807, 2.05) is 42.5 Å². The summed E-state index contributed by atoms with van der Waals surface area (Å²) in [7, 11) is 1.62. The van der Waals surface area contributed by atoms with Crippen LogP contribution in [0, 0.1) is 0 Å². The topological polar surface area (TPSA) is 77.0 Å². The molecule has 6 nitrogen and oxygen atoms in total. The van der Waals surface area contributed by atoms with Crippen molar-refractivity contribution < 1.29 is 24.1 Å². The molecule has 1 atom stereocenters. The van der Waals surface area contributed by atoms with Crippen LogP contribution in [0.3, 0.4) is 0 Å². The third-order valence-electron chi connectivity index (χ3n) is 5.98. The van der Waals surface area contributed by atoms with Crippen LogP contribution in [0.2, 0.25) is 0 Å². The van der Waals surface area contributed by atoms with Crippen molar-refractivity contribution in [2.45, 2.75) is 30.8 Å². The van der Waals surface area contributed by atoms with Gasteiger partial charge >= 0.3 is 0 Å². The molecule has 0 radical (unpaired) electrons. The largest absolute Gasteiger partial charge is 0.497 e. The number of methoxy groups -OCH3 is 1. The smallest absolute Gasteiger partial charge is 0.230 e. The van der Waals surface area contributed by atoms with Crippen LogP contribution in [-0.4, -0.2) is 44.5 Å². The zero-order valence-corrected chi connectivity index (χ0v) is 16.6. The third kappa shape index (κ3) is 3.95. The Bertz CT molecular complexity index is 858. The average Bonchev–Trinajstić information content (AvgIpc) is 3.25. The number of amides is 1. The van der Waals surface area contributed by atoms with E-state index >= 15 is 0 Å². The Labute approximate surface area is 170 Å². The van der Waals surface area contributed by atoms with Gasteiger partial charge in [0.1, 0.15) is 11.5 Å². The molecule has 2 N–H and O–H groups in total. The second-order valence-electron chi connectivity index (χ2n) is 7.61. The van der Waals surface area contributed by atoms with Crippen molar-refractivity contribution in [3.05, 3.63) is 59.2 Å². The summed E-state index contributed by atoms with van der Waals surface area (Å²) in [6.07, 6.45) is 1.30. The minimum Gasteiger partial charge on any atom is -0.497 e. The number of benzene rings is 2. The number of ether oxygens (including phenoxy) is 3. The van der Waals surface area contributed by atoms with Crippen molar-refractivity contribution in [1.29, 1.82) is 0 Å². The Hall–Kier alpha value is -2.57. The quantitative estimate of drug-likeness (QED) is 0.783. The molecule has 1 saturated heterocycles. The number of fused-ring (bicyclic) bond motifs is 1. The maximum Gasteiger partial charge on any atom is 0.230 e. The summed E-state index contributed by atoms with van der Waals surface area (Å²) < 4.78 is 16.3. The molecule has 1 unspecified atom stereocenters. The van der Waals surface area contributed by atoms with Crippen molar-refractivity contribution in [1.82, 2.24) is 5.32 Å². The highest BCUT2D eigenvalue weighted by Crippen LogP contribution is 2.36. The fraction of sp³-hybridized carbons (Fsp3) is 0.435. The van der Waals surface area contributed by atoms with Crippen LogP contribution in [0.15, 0.2) is 42.5 Å². The van der Waals surface area contributed by atoms with E-state index in [9.17, 15) is 9.90 Å². The van der Waals surface area contributed by atoms with Gasteiger partial charge in [-0.15, -0.1) is 0 Å². The van der Waals surface area contributed by atoms with Crippen LogP contribution in [-0.2, 0) is 21.4 Å². The van der Waals surface area contributed by atoms with Crippen molar-refractivity contribution in [2.24, 2.45) is 0 Å². The average molecular weight is 397 g/mol. The van der Waals surface area contributed by atoms with E-state index in [1.54, 1.807) is 7.11 Å². The zero-order chi connectivity index (χ0) is 20.3. The highest BCUT2D eigenvalue weighted by atomic mass is 16.5. The zero-order valence-electron chi connectivity index (χ0n) is 16.6. The van der Waals surface area contributed by atoms with E-state index in [1.165, 1.54) is 0 Å². The number of rotatable bonds is 6. The number of carbonyl (C=O) groups excluding carboxylic acids is 1.